The van der Waals surface area contributed by atoms with Gasteiger partial charge in [0.1, 0.15) is 11.5 Å². The van der Waals surface area contributed by atoms with Gasteiger partial charge >= 0.3 is 0 Å². The first kappa shape index (κ1) is 17.2. The Balaban J connectivity index is 1.78. The van der Waals surface area contributed by atoms with Crippen molar-refractivity contribution in [2.75, 3.05) is 13.2 Å². The molecule has 0 saturated heterocycles. The number of nitrogens with one attached hydrogen (secondary N) is 1. The third-order valence-electron chi connectivity index (χ3n) is 4.00. The second-order valence-corrected chi connectivity index (χ2v) is 6.13. The fraction of sp³-hybridized carbons (Fsp3) is 0.235. The molecule has 0 fully saturated rings. The Labute approximate surface area is 148 Å². The molecule has 25 heavy (non-hydrogen) atoms. The number of nitrogens with zero attached hydrogens (tertiary/aromatic N) is 2. The van der Waals surface area contributed by atoms with Crippen molar-refractivity contribution in [3.8, 4) is 0 Å². The molecule has 1 aromatic rings. The third kappa shape index (κ3) is 3.88. The maximum atomic E-state index is 14.6. The number of nitrogens with two attached hydrogens (primary N) is 1. The van der Waals surface area contributed by atoms with Gasteiger partial charge in [0.05, 0.1) is 23.6 Å². The standard InChI is InChI=1S/C17H16ClFN4O2/c18-11-1-3-13(21-9-11)15(24)23-12-2-4-14(19)17(6-5-12)7-8-25-16(20)22-10-17/h1-6,9H,7-8,10H2,(H2,20,22)(H,23,24). The van der Waals surface area contributed by atoms with Crippen molar-refractivity contribution in [1.29, 1.82) is 0 Å². The van der Waals surface area contributed by atoms with Crippen LogP contribution in [0.25, 0.3) is 0 Å². The topological polar surface area (TPSA) is 89.6 Å². The van der Waals surface area contributed by atoms with Gasteiger partial charge in [-0.3, -0.25) is 4.79 Å². The fourth-order valence-corrected chi connectivity index (χ4v) is 2.63. The average molecular weight is 363 g/mol. The van der Waals surface area contributed by atoms with Gasteiger partial charge in [-0.2, -0.15) is 0 Å². The zero-order valence-electron chi connectivity index (χ0n) is 13.2. The van der Waals surface area contributed by atoms with E-state index < -0.39 is 11.3 Å². The molecule has 0 aromatic carbocycles. The van der Waals surface area contributed by atoms with Gasteiger partial charge in [-0.15, -0.1) is 0 Å². The molecule has 1 atom stereocenters. The lowest BCUT2D eigenvalue weighted by Gasteiger charge is -2.24. The summed E-state index contributed by atoms with van der Waals surface area (Å²) in [5.74, 6) is -0.775. The number of hydrogen-bond acceptors (Lipinski definition) is 5. The Kier molecular flexibility index (Phi) is 4.85. The SMILES string of the molecule is NC1=NCC2(C=CC(NC(=O)c3ccc(Cl)cn3)=CC=C2F)CCO1. The molecule has 1 aliphatic heterocycles. The smallest absolute Gasteiger partial charge is 0.281 e. The van der Waals surface area contributed by atoms with E-state index in [4.69, 9.17) is 22.1 Å². The number of halogens is 2. The number of carbonyl (C=O) groups excluding carboxylic acids is 1. The normalized spacial score (nSPS) is 22.9. The molecule has 130 valence electrons. The summed E-state index contributed by atoms with van der Waals surface area (Å²) in [6.07, 6.45) is 7.92. The average Bonchev–Trinajstić information content (AvgIpc) is 2.88. The van der Waals surface area contributed by atoms with Crippen LogP contribution in [0.2, 0.25) is 5.02 Å². The van der Waals surface area contributed by atoms with Crippen molar-refractivity contribution < 1.29 is 13.9 Å². The van der Waals surface area contributed by atoms with Gasteiger partial charge in [0.25, 0.3) is 11.9 Å². The van der Waals surface area contributed by atoms with E-state index in [1.807, 2.05) is 0 Å². The van der Waals surface area contributed by atoms with Gasteiger partial charge < -0.3 is 15.8 Å². The van der Waals surface area contributed by atoms with Gasteiger partial charge in [-0.05, 0) is 36.8 Å². The maximum Gasteiger partial charge on any atom is 0.281 e. The molecule has 1 unspecified atom stereocenters. The summed E-state index contributed by atoms with van der Waals surface area (Å²) in [4.78, 5) is 20.2. The van der Waals surface area contributed by atoms with Crippen LogP contribution < -0.4 is 11.1 Å². The molecule has 1 spiro atoms. The van der Waals surface area contributed by atoms with E-state index in [0.29, 0.717) is 17.1 Å². The maximum absolute atomic E-state index is 14.6. The lowest BCUT2D eigenvalue weighted by atomic mass is 9.83. The number of amides is 1. The number of hydrogen-bond donors (Lipinski definition) is 2. The third-order valence-corrected chi connectivity index (χ3v) is 4.22. The van der Waals surface area contributed by atoms with Crippen LogP contribution in [0.5, 0.6) is 0 Å². The molecule has 3 N–H and O–H groups in total. The van der Waals surface area contributed by atoms with Crippen molar-refractivity contribution >= 4 is 23.5 Å². The number of carbonyl (C=O) groups is 1. The van der Waals surface area contributed by atoms with Crippen molar-refractivity contribution in [2.24, 2.45) is 16.1 Å². The van der Waals surface area contributed by atoms with E-state index >= 15 is 0 Å². The summed E-state index contributed by atoms with van der Waals surface area (Å²) in [5.41, 5.74) is 5.28. The van der Waals surface area contributed by atoms with Crippen LogP contribution in [0, 0.1) is 5.41 Å². The highest BCUT2D eigenvalue weighted by Gasteiger charge is 2.35. The van der Waals surface area contributed by atoms with Gasteiger partial charge in [0.2, 0.25) is 0 Å². The van der Waals surface area contributed by atoms with Crippen LogP contribution in [0.3, 0.4) is 0 Å². The second-order valence-electron chi connectivity index (χ2n) is 5.69. The highest BCUT2D eigenvalue weighted by atomic mass is 35.5. The summed E-state index contributed by atoms with van der Waals surface area (Å²) >= 11 is 5.76. The number of aromatic nitrogens is 1. The van der Waals surface area contributed by atoms with Crippen molar-refractivity contribution in [3.63, 3.8) is 0 Å². The van der Waals surface area contributed by atoms with Crippen LogP contribution in [-0.2, 0) is 4.74 Å². The van der Waals surface area contributed by atoms with Crippen LogP contribution in [-0.4, -0.2) is 30.1 Å². The molecule has 1 amide bonds. The van der Waals surface area contributed by atoms with Crippen molar-refractivity contribution in [3.05, 3.63) is 64.9 Å². The molecule has 1 aliphatic carbocycles. The van der Waals surface area contributed by atoms with E-state index in [2.05, 4.69) is 15.3 Å². The Morgan fingerprint density at radius 3 is 3.00 bits per heavy atom. The summed E-state index contributed by atoms with van der Waals surface area (Å²) in [5, 5.41) is 3.13. The van der Waals surface area contributed by atoms with Crippen molar-refractivity contribution in [2.45, 2.75) is 6.42 Å². The van der Waals surface area contributed by atoms with E-state index in [1.165, 1.54) is 24.4 Å². The monoisotopic (exact) mass is 362 g/mol. The van der Waals surface area contributed by atoms with Gasteiger partial charge in [-0.1, -0.05) is 17.7 Å². The molecule has 2 heterocycles. The molecule has 1 aromatic heterocycles. The highest BCUT2D eigenvalue weighted by Crippen LogP contribution is 2.37. The molecule has 0 bridgehead atoms. The van der Waals surface area contributed by atoms with Gasteiger partial charge in [-0.25, -0.2) is 14.4 Å². The van der Waals surface area contributed by atoms with E-state index in [-0.39, 0.29) is 30.7 Å². The highest BCUT2D eigenvalue weighted by molar-refractivity contribution is 6.30. The summed E-state index contributed by atoms with van der Waals surface area (Å²) in [6, 6.07) is 3.14. The predicted octanol–water partition coefficient (Wildman–Crippen LogP) is 2.49. The first-order chi connectivity index (χ1) is 12.0. The minimum atomic E-state index is -0.928. The van der Waals surface area contributed by atoms with Crippen molar-refractivity contribution in [1.82, 2.24) is 10.3 Å². The second kappa shape index (κ2) is 7.06. The number of ether oxygens (including phenoxy) is 1. The number of allylic oxidation sites excluding steroid dienone is 3. The number of aliphatic imine (C=N–C) groups is 1. The van der Waals surface area contributed by atoms with Gasteiger partial charge in [0.15, 0.2) is 0 Å². The van der Waals surface area contributed by atoms with E-state index in [0.717, 1.165) is 0 Å². The van der Waals surface area contributed by atoms with Crippen LogP contribution >= 0.6 is 11.6 Å². The van der Waals surface area contributed by atoms with E-state index in [1.54, 1.807) is 18.2 Å². The van der Waals surface area contributed by atoms with Crippen LogP contribution in [0.1, 0.15) is 16.9 Å². The number of pyridine rings is 1. The van der Waals surface area contributed by atoms with Crippen LogP contribution in [0.15, 0.2) is 59.1 Å². The first-order valence-corrected chi connectivity index (χ1v) is 7.99. The predicted molar refractivity (Wildman–Crippen MR) is 92.6 cm³/mol. The first-order valence-electron chi connectivity index (χ1n) is 7.61. The Morgan fingerprint density at radius 1 is 1.40 bits per heavy atom. The molecular formula is C17H16ClFN4O2. The molecule has 0 saturated carbocycles. The molecule has 8 heteroatoms. The lowest BCUT2D eigenvalue weighted by Crippen LogP contribution is -2.24. The lowest BCUT2D eigenvalue weighted by molar-refractivity contribution is 0.0962. The number of rotatable bonds is 2. The summed E-state index contributed by atoms with van der Waals surface area (Å²) in [7, 11) is 0. The van der Waals surface area contributed by atoms with Crippen LogP contribution in [0.4, 0.5) is 4.39 Å². The Morgan fingerprint density at radius 2 is 2.24 bits per heavy atom. The molecule has 3 rings (SSSR count). The Hall–Kier alpha value is -2.67. The largest absolute Gasteiger partial charge is 0.465 e. The molecule has 6 nitrogen and oxygen atoms in total. The quantitative estimate of drug-likeness (QED) is 0.845. The van der Waals surface area contributed by atoms with E-state index in [9.17, 15) is 9.18 Å². The Bertz CT molecular complexity index is 801. The molecule has 0 radical (unpaired) electrons. The fourth-order valence-electron chi connectivity index (χ4n) is 2.51. The number of amidine groups is 1. The zero-order chi connectivity index (χ0) is 17.9. The molecular weight excluding hydrogens is 347 g/mol. The zero-order valence-corrected chi connectivity index (χ0v) is 14.0. The summed E-state index contributed by atoms with van der Waals surface area (Å²) in [6.45, 7) is 0.406. The minimum absolute atomic E-state index is 0.0534. The minimum Gasteiger partial charge on any atom is -0.465 e. The van der Waals surface area contributed by atoms with Gasteiger partial charge in [0, 0.05) is 11.9 Å². The molecule has 2 aliphatic rings. The summed E-state index contributed by atoms with van der Waals surface area (Å²) < 4.78 is 19.8.